The number of nitrogens with one attached hydrogen (secondary N) is 1. The molecule has 84 valence electrons. The quantitative estimate of drug-likeness (QED) is 0.634. The first kappa shape index (κ1) is 13.3. The van der Waals surface area contributed by atoms with E-state index in [-0.39, 0.29) is 13.2 Å². The van der Waals surface area contributed by atoms with Crippen molar-refractivity contribution in [2.45, 2.75) is 12.2 Å². The number of hydrogen-bond donors (Lipinski definition) is 1. The lowest BCUT2D eigenvalue weighted by Gasteiger charge is -2.15. The molecule has 0 saturated heterocycles. The number of sulfonamides is 1. The van der Waals surface area contributed by atoms with Crippen LogP contribution in [0.4, 0.5) is 0 Å². The van der Waals surface area contributed by atoms with Crippen molar-refractivity contribution in [3.8, 4) is 0 Å². The summed E-state index contributed by atoms with van der Waals surface area (Å²) < 4.78 is 34.1. The molecule has 7 heteroatoms. The summed E-state index contributed by atoms with van der Waals surface area (Å²) in [6.07, 6.45) is 0. The molecule has 0 saturated carbocycles. The van der Waals surface area contributed by atoms with E-state index in [1.54, 1.807) is 0 Å². The maximum absolute atomic E-state index is 11.4. The lowest BCUT2D eigenvalue weighted by Crippen LogP contribution is -2.41. The van der Waals surface area contributed by atoms with Gasteiger partial charge in [-0.2, -0.15) is 0 Å². The summed E-state index contributed by atoms with van der Waals surface area (Å²) in [6.45, 7) is 1.10. The van der Waals surface area contributed by atoms with Gasteiger partial charge in [-0.15, -0.1) is 0 Å². The smallest absolute Gasteiger partial charge is 0.242 e. The van der Waals surface area contributed by atoms with Gasteiger partial charge in [-0.05, 0) is 0 Å². The number of carbonyl (C=O) groups excluding carboxylic acids is 1. The fourth-order valence-electron chi connectivity index (χ4n) is 0.883. The molecule has 0 heterocycles. The van der Waals surface area contributed by atoms with Crippen LogP contribution in [0.2, 0.25) is 0 Å². The Morgan fingerprint density at radius 2 is 1.71 bits per heavy atom. The van der Waals surface area contributed by atoms with E-state index in [4.69, 9.17) is 9.47 Å². The van der Waals surface area contributed by atoms with Gasteiger partial charge in [0.25, 0.3) is 0 Å². The molecule has 0 bridgehead atoms. The molecule has 0 aromatic carbocycles. The van der Waals surface area contributed by atoms with Crippen molar-refractivity contribution in [1.29, 1.82) is 0 Å². The predicted octanol–water partition coefficient (Wildman–Crippen LogP) is -0.886. The molecule has 0 unspecified atom stereocenters. The molecule has 0 fully saturated rings. The molecule has 0 aliphatic carbocycles. The van der Waals surface area contributed by atoms with E-state index in [2.05, 4.69) is 0 Å². The van der Waals surface area contributed by atoms with Crippen LogP contribution in [0.1, 0.15) is 6.92 Å². The normalized spacial score (nSPS) is 11.7. The van der Waals surface area contributed by atoms with E-state index in [1.165, 1.54) is 14.2 Å². The van der Waals surface area contributed by atoms with Crippen LogP contribution < -0.4 is 4.72 Å². The molecule has 0 aliphatic heterocycles. The highest BCUT2D eigenvalue weighted by atomic mass is 32.2. The second-order valence-electron chi connectivity index (χ2n) is 2.74. The fourth-order valence-corrected chi connectivity index (χ4v) is 2.08. The van der Waals surface area contributed by atoms with Crippen molar-refractivity contribution in [2.75, 3.05) is 27.4 Å². The Balaban J connectivity index is 4.53. The van der Waals surface area contributed by atoms with Crippen molar-refractivity contribution in [3.63, 3.8) is 0 Å². The Hall–Kier alpha value is -0.660. The van der Waals surface area contributed by atoms with Gasteiger partial charge in [0.2, 0.25) is 15.9 Å². The van der Waals surface area contributed by atoms with Crippen molar-refractivity contribution in [3.05, 3.63) is 0 Å². The first-order valence-corrected chi connectivity index (χ1v) is 5.48. The van der Waals surface area contributed by atoms with Gasteiger partial charge in [-0.25, -0.2) is 8.42 Å². The van der Waals surface area contributed by atoms with Crippen molar-refractivity contribution < 1.29 is 22.7 Å². The maximum Gasteiger partial charge on any atom is 0.242 e. The number of rotatable bonds is 6. The third-order valence-corrected chi connectivity index (χ3v) is 3.15. The lowest BCUT2D eigenvalue weighted by molar-refractivity contribution is -0.117. The van der Waals surface area contributed by atoms with Crippen molar-refractivity contribution >= 4 is 15.9 Å². The second-order valence-corrected chi connectivity index (χ2v) is 4.70. The van der Waals surface area contributed by atoms with Gasteiger partial charge < -0.3 is 9.47 Å². The van der Waals surface area contributed by atoms with Gasteiger partial charge >= 0.3 is 0 Å². The molecular formula is C7H15NO5S. The number of ether oxygens (including phenoxy) is 2. The average molecular weight is 225 g/mol. The summed E-state index contributed by atoms with van der Waals surface area (Å²) in [4.78, 5) is 10.6. The van der Waals surface area contributed by atoms with Crippen LogP contribution >= 0.6 is 0 Å². The number of amides is 1. The Kier molecular flexibility index (Phi) is 5.66. The summed E-state index contributed by atoms with van der Waals surface area (Å²) in [5, 5.41) is -0.874. The summed E-state index contributed by atoms with van der Waals surface area (Å²) >= 11 is 0. The fraction of sp³-hybridized carbons (Fsp3) is 0.857. The van der Waals surface area contributed by atoms with Crippen LogP contribution in [0.15, 0.2) is 0 Å². The number of methoxy groups -OCH3 is 2. The molecule has 0 rings (SSSR count). The Labute approximate surface area is 83.6 Å². The minimum Gasteiger partial charge on any atom is -0.383 e. The molecule has 1 N–H and O–H groups in total. The van der Waals surface area contributed by atoms with Crippen LogP contribution in [-0.2, 0) is 24.3 Å². The number of carbonyl (C=O) groups is 1. The van der Waals surface area contributed by atoms with Crippen LogP contribution in [0, 0.1) is 0 Å². The van der Waals surface area contributed by atoms with Crippen LogP contribution in [0.25, 0.3) is 0 Å². The summed E-state index contributed by atoms with van der Waals surface area (Å²) in [7, 11) is -0.934. The second kappa shape index (κ2) is 5.94. The summed E-state index contributed by atoms with van der Waals surface area (Å²) in [5.74, 6) is -0.623. The van der Waals surface area contributed by atoms with Crippen LogP contribution in [-0.4, -0.2) is 47.0 Å². The minimum atomic E-state index is -3.70. The molecule has 0 aromatic rings. The van der Waals surface area contributed by atoms with Gasteiger partial charge in [0.1, 0.15) is 5.25 Å². The average Bonchev–Trinajstić information content (AvgIpc) is 2.01. The molecule has 6 nitrogen and oxygen atoms in total. The Morgan fingerprint density at radius 1 is 1.29 bits per heavy atom. The zero-order valence-electron chi connectivity index (χ0n) is 8.44. The highest BCUT2D eigenvalue weighted by Gasteiger charge is 2.26. The van der Waals surface area contributed by atoms with Gasteiger partial charge in [0.15, 0.2) is 0 Å². The Bertz CT molecular complexity index is 268. The molecule has 14 heavy (non-hydrogen) atoms. The SMILES string of the molecule is COCC(COC)S(=O)(=O)NC(C)=O. The van der Waals surface area contributed by atoms with Crippen molar-refractivity contribution in [2.24, 2.45) is 0 Å². The molecule has 0 aromatic heterocycles. The van der Waals surface area contributed by atoms with E-state index in [0.717, 1.165) is 6.92 Å². The topological polar surface area (TPSA) is 81.7 Å². The maximum atomic E-state index is 11.4. The van der Waals surface area contributed by atoms with E-state index in [0.29, 0.717) is 0 Å². The predicted molar refractivity (Wildman–Crippen MR) is 50.3 cm³/mol. The van der Waals surface area contributed by atoms with Gasteiger partial charge in [0.05, 0.1) is 13.2 Å². The number of hydrogen-bond acceptors (Lipinski definition) is 5. The van der Waals surface area contributed by atoms with Crippen molar-refractivity contribution in [1.82, 2.24) is 4.72 Å². The third-order valence-electron chi connectivity index (χ3n) is 1.43. The summed E-state index contributed by atoms with van der Waals surface area (Å²) in [5.41, 5.74) is 0. The van der Waals surface area contributed by atoms with Crippen LogP contribution in [0.3, 0.4) is 0 Å². The molecule has 0 atom stereocenters. The van der Waals surface area contributed by atoms with E-state index >= 15 is 0 Å². The van der Waals surface area contributed by atoms with E-state index < -0.39 is 21.2 Å². The van der Waals surface area contributed by atoms with Gasteiger partial charge in [0, 0.05) is 21.1 Å². The van der Waals surface area contributed by atoms with Crippen LogP contribution in [0.5, 0.6) is 0 Å². The largest absolute Gasteiger partial charge is 0.383 e. The van der Waals surface area contributed by atoms with E-state index in [9.17, 15) is 13.2 Å². The zero-order chi connectivity index (χ0) is 11.2. The minimum absolute atomic E-state index is 0.0174. The molecule has 0 aliphatic rings. The standard InChI is InChI=1S/C7H15NO5S/c1-6(9)8-14(10,11)7(4-12-2)5-13-3/h7H,4-5H2,1-3H3,(H,8,9). The molecule has 0 spiro atoms. The zero-order valence-corrected chi connectivity index (χ0v) is 9.26. The van der Waals surface area contributed by atoms with E-state index in [1.807, 2.05) is 4.72 Å². The first-order valence-electron chi connectivity index (χ1n) is 3.94. The third kappa shape index (κ3) is 4.54. The lowest BCUT2D eigenvalue weighted by atomic mass is 10.5. The van der Waals surface area contributed by atoms with Gasteiger partial charge in [-0.1, -0.05) is 0 Å². The molecular weight excluding hydrogens is 210 g/mol. The molecule has 1 amide bonds. The Morgan fingerprint density at radius 3 is 2.00 bits per heavy atom. The first-order chi connectivity index (χ1) is 6.44. The molecule has 0 radical (unpaired) electrons. The summed E-state index contributed by atoms with van der Waals surface area (Å²) in [6, 6.07) is 0. The van der Waals surface area contributed by atoms with Gasteiger partial charge in [-0.3, -0.25) is 9.52 Å². The highest BCUT2D eigenvalue weighted by molar-refractivity contribution is 7.90. The highest BCUT2D eigenvalue weighted by Crippen LogP contribution is 2.00. The monoisotopic (exact) mass is 225 g/mol.